The molecule has 0 saturated heterocycles. The Morgan fingerprint density at radius 1 is 1.19 bits per heavy atom. The average Bonchev–Trinajstić information content (AvgIpc) is 2.97. The zero-order chi connectivity index (χ0) is 15.5. The molecule has 0 heterocycles. The first kappa shape index (κ1) is 16.5. The van der Waals surface area contributed by atoms with Gasteiger partial charge in [0.2, 0.25) is 10.0 Å². The summed E-state index contributed by atoms with van der Waals surface area (Å²) in [4.78, 5) is 0. The Labute approximate surface area is 128 Å². The zero-order valence-electron chi connectivity index (χ0n) is 13.1. The first-order valence-corrected chi connectivity index (χ1v) is 9.26. The second-order valence-corrected chi connectivity index (χ2v) is 8.37. The molecule has 1 aromatic carbocycles. The first-order chi connectivity index (χ1) is 9.82. The van der Waals surface area contributed by atoms with Crippen LogP contribution in [0.25, 0.3) is 0 Å². The minimum Gasteiger partial charge on any atom is -0.313 e. The van der Waals surface area contributed by atoms with E-state index in [2.05, 4.69) is 30.8 Å². The molecule has 2 N–H and O–H groups in total. The van der Waals surface area contributed by atoms with Gasteiger partial charge < -0.3 is 5.32 Å². The van der Waals surface area contributed by atoms with Gasteiger partial charge in [-0.1, -0.05) is 45.0 Å². The van der Waals surface area contributed by atoms with Crippen LogP contribution in [0.1, 0.15) is 44.7 Å². The lowest BCUT2D eigenvalue weighted by molar-refractivity contribution is 0.554. The summed E-state index contributed by atoms with van der Waals surface area (Å²) in [5.41, 5.74) is 2.13. The Kier molecular flexibility index (Phi) is 5.07. The number of hydrogen-bond donors (Lipinski definition) is 2. The Balaban J connectivity index is 1.87. The van der Waals surface area contributed by atoms with Gasteiger partial charge in [0.15, 0.2) is 0 Å². The van der Waals surface area contributed by atoms with Crippen molar-refractivity contribution in [3.05, 3.63) is 35.4 Å². The van der Waals surface area contributed by atoms with Crippen molar-refractivity contribution in [2.45, 2.75) is 52.0 Å². The topological polar surface area (TPSA) is 58.2 Å². The van der Waals surface area contributed by atoms with Gasteiger partial charge >= 0.3 is 0 Å². The summed E-state index contributed by atoms with van der Waals surface area (Å²) in [7, 11) is -3.24. The second kappa shape index (κ2) is 6.46. The van der Waals surface area contributed by atoms with E-state index in [4.69, 9.17) is 0 Å². The van der Waals surface area contributed by atoms with E-state index in [0.717, 1.165) is 31.5 Å². The normalized spacial score (nSPS) is 20.4. The van der Waals surface area contributed by atoms with Crippen molar-refractivity contribution in [2.75, 3.05) is 6.54 Å². The molecule has 0 amide bonds. The van der Waals surface area contributed by atoms with Crippen LogP contribution in [-0.2, 0) is 22.3 Å². The van der Waals surface area contributed by atoms with Crippen molar-refractivity contribution < 1.29 is 8.42 Å². The highest BCUT2D eigenvalue weighted by atomic mass is 32.2. The molecule has 1 aliphatic carbocycles. The summed E-state index contributed by atoms with van der Waals surface area (Å²) >= 11 is 0. The van der Waals surface area contributed by atoms with Gasteiger partial charge in [-0.05, 0) is 35.9 Å². The Bertz CT molecular complexity index is 564. The number of hydrogen-bond acceptors (Lipinski definition) is 3. The van der Waals surface area contributed by atoms with Crippen LogP contribution in [0.4, 0.5) is 0 Å². The van der Waals surface area contributed by atoms with E-state index in [0.29, 0.717) is 0 Å². The van der Waals surface area contributed by atoms with E-state index in [-0.39, 0.29) is 17.2 Å². The standard InChI is InChI=1S/C16H26N2O2S/c1-4-9-17-11-13-5-7-14(8-6-13)12-21(19,20)18-15-10-16(15,2)3/h5-8,15,17-18H,4,9-12H2,1-3H3. The molecule has 0 aromatic heterocycles. The molecule has 0 aliphatic heterocycles. The Morgan fingerprint density at radius 3 is 2.29 bits per heavy atom. The van der Waals surface area contributed by atoms with Gasteiger partial charge in [-0.15, -0.1) is 0 Å². The SMILES string of the molecule is CCCNCc1ccc(CS(=O)(=O)NC2CC2(C)C)cc1. The third-order valence-electron chi connectivity index (χ3n) is 3.97. The monoisotopic (exact) mass is 310 g/mol. The molecule has 1 aliphatic rings. The molecule has 5 heteroatoms. The second-order valence-electron chi connectivity index (χ2n) is 6.62. The molecule has 118 valence electrons. The molecule has 1 aromatic rings. The molecular formula is C16H26N2O2S. The van der Waals surface area contributed by atoms with Gasteiger partial charge in [0, 0.05) is 12.6 Å². The Hall–Kier alpha value is -0.910. The molecule has 0 radical (unpaired) electrons. The van der Waals surface area contributed by atoms with Gasteiger partial charge in [0.1, 0.15) is 0 Å². The molecule has 1 saturated carbocycles. The van der Waals surface area contributed by atoms with Gasteiger partial charge in [-0.2, -0.15) is 0 Å². The third kappa shape index (κ3) is 5.09. The molecular weight excluding hydrogens is 284 g/mol. The summed E-state index contributed by atoms with van der Waals surface area (Å²) in [6.07, 6.45) is 2.04. The number of benzene rings is 1. The van der Waals surface area contributed by atoms with Crippen LogP contribution < -0.4 is 10.0 Å². The van der Waals surface area contributed by atoms with Crippen LogP contribution in [0.5, 0.6) is 0 Å². The maximum Gasteiger partial charge on any atom is 0.216 e. The van der Waals surface area contributed by atoms with Crippen molar-refractivity contribution in [1.29, 1.82) is 0 Å². The van der Waals surface area contributed by atoms with E-state index in [1.807, 2.05) is 24.3 Å². The van der Waals surface area contributed by atoms with Crippen LogP contribution in [0.15, 0.2) is 24.3 Å². The summed E-state index contributed by atoms with van der Waals surface area (Å²) < 4.78 is 27.0. The van der Waals surface area contributed by atoms with E-state index >= 15 is 0 Å². The van der Waals surface area contributed by atoms with Crippen LogP contribution in [0, 0.1) is 5.41 Å². The minimum absolute atomic E-state index is 0.0578. The van der Waals surface area contributed by atoms with Crippen LogP contribution >= 0.6 is 0 Å². The highest BCUT2D eigenvalue weighted by molar-refractivity contribution is 7.88. The van der Waals surface area contributed by atoms with Crippen LogP contribution in [0.2, 0.25) is 0 Å². The predicted molar refractivity (Wildman–Crippen MR) is 86.4 cm³/mol. The molecule has 1 fully saturated rings. The summed E-state index contributed by atoms with van der Waals surface area (Å²) in [5.74, 6) is 0.0578. The lowest BCUT2D eigenvalue weighted by Gasteiger charge is -2.09. The molecule has 1 unspecified atom stereocenters. The fraction of sp³-hybridized carbons (Fsp3) is 0.625. The fourth-order valence-electron chi connectivity index (χ4n) is 2.31. The highest BCUT2D eigenvalue weighted by Gasteiger charge is 2.47. The summed E-state index contributed by atoms with van der Waals surface area (Å²) in [6, 6.07) is 7.89. The molecule has 4 nitrogen and oxygen atoms in total. The lowest BCUT2D eigenvalue weighted by Crippen LogP contribution is -2.29. The average molecular weight is 310 g/mol. The van der Waals surface area contributed by atoms with Crippen molar-refractivity contribution in [2.24, 2.45) is 5.41 Å². The van der Waals surface area contributed by atoms with Crippen molar-refractivity contribution in [1.82, 2.24) is 10.0 Å². The molecule has 0 spiro atoms. The molecule has 0 bridgehead atoms. The van der Waals surface area contributed by atoms with E-state index in [1.165, 1.54) is 5.56 Å². The van der Waals surface area contributed by atoms with E-state index in [1.54, 1.807) is 0 Å². The van der Waals surface area contributed by atoms with Gasteiger partial charge in [-0.3, -0.25) is 0 Å². The van der Waals surface area contributed by atoms with Crippen LogP contribution in [0.3, 0.4) is 0 Å². The van der Waals surface area contributed by atoms with Crippen molar-refractivity contribution in [3.8, 4) is 0 Å². The summed E-state index contributed by atoms with van der Waals surface area (Å²) in [5, 5.41) is 3.33. The minimum atomic E-state index is -3.24. The van der Waals surface area contributed by atoms with E-state index < -0.39 is 10.0 Å². The highest BCUT2D eigenvalue weighted by Crippen LogP contribution is 2.45. The quantitative estimate of drug-likeness (QED) is 0.725. The van der Waals surface area contributed by atoms with Crippen molar-refractivity contribution in [3.63, 3.8) is 0 Å². The summed E-state index contributed by atoms with van der Waals surface area (Å²) in [6.45, 7) is 8.12. The lowest BCUT2D eigenvalue weighted by atomic mass is 10.1. The van der Waals surface area contributed by atoms with Crippen molar-refractivity contribution >= 4 is 10.0 Å². The fourth-order valence-corrected chi connectivity index (χ4v) is 3.86. The largest absolute Gasteiger partial charge is 0.313 e. The van der Waals surface area contributed by atoms with Crippen LogP contribution in [-0.4, -0.2) is 21.0 Å². The third-order valence-corrected chi connectivity index (χ3v) is 5.33. The Morgan fingerprint density at radius 2 is 1.76 bits per heavy atom. The first-order valence-electron chi connectivity index (χ1n) is 7.61. The van der Waals surface area contributed by atoms with Gasteiger partial charge in [-0.25, -0.2) is 13.1 Å². The van der Waals surface area contributed by atoms with Gasteiger partial charge in [0.25, 0.3) is 0 Å². The number of rotatable bonds is 8. The number of sulfonamides is 1. The molecule has 2 rings (SSSR count). The maximum atomic E-state index is 12.1. The molecule has 21 heavy (non-hydrogen) atoms. The zero-order valence-corrected chi connectivity index (χ0v) is 14.0. The predicted octanol–water partition coefficient (Wildman–Crippen LogP) is 2.40. The smallest absolute Gasteiger partial charge is 0.216 e. The van der Waals surface area contributed by atoms with E-state index in [9.17, 15) is 8.42 Å². The number of nitrogens with one attached hydrogen (secondary N) is 2. The molecule has 1 atom stereocenters. The maximum absolute atomic E-state index is 12.1. The van der Waals surface area contributed by atoms with Gasteiger partial charge in [0.05, 0.1) is 5.75 Å².